The number of benzene rings is 1. The largest absolute Gasteiger partial charge is 0.497 e. The van der Waals surface area contributed by atoms with Gasteiger partial charge in [-0.25, -0.2) is 8.42 Å². The molecular weight excluding hydrogens is 330 g/mol. The number of hydrogen-bond donors (Lipinski definition) is 1. The Hall–Kier alpha value is -1.82. The summed E-state index contributed by atoms with van der Waals surface area (Å²) in [4.78, 5) is 0.0133. The lowest BCUT2D eigenvalue weighted by Crippen LogP contribution is -2.52. The maximum Gasteiger partial charge on any atom is 0.248 e. The van der Waals surface area contributed by atoms with Crippen molar-refractivity contribution < 1.29 is 17.9 Å². The van der Waals surface area contributed by atoms with Crippen LogP contribution >= 0.6 is 0 Å². The highest BCUT2D eigenvalue weighted by Gasteiger charge is 2.47. The molecule has 132 valence electrons. The molecule has 0 aromatic heterocycles. The molecular formula is C16H23N3O4S. The molecule has 0 bridgehead atoms. The summed E-state index contributed by atoms with van der Waals surface area (Å²) in [6, 6.07) is 6.85. The molecule has 1 heterocycles. The van der Waals surface area contributed by atoms with Gasteiger partial charge in [0.25, 0.3) is 0 Å². The minimum absolute atomic E-state index is 0.0133. The maximum absolute atomic E-state index is 13.3. The Bertz CT molecular complexity index is 721. The van der Waals surface area contributed by atoms with Crippen LogP contribution in [0.2, 0.25) is 0 Å². The van der Waals surface area contributed by atoms with Gasteiger partial charge in [-0.05, 0) is 31.5 Å². The van der Waals surface area contributed by atoms with Crippen molar-refractivity contribution in [3.63, 3.8) is 0 Å². The van der Waals surface area contributed by atoms with Crippen LogP contribution in [-0.2, 0) is 10.0 Å². The molecule has 1 saturated heterocycles. The van der Waals surface area contributed by atoms with Gasteiger partial charge in [0.15, 0.2) is 0 Å². The Morgan fingerprint density at radius 1 is 1.38 bits per heavy atom. The molecule has 24 heavy (non-hydrogen) atoms. The minimum atomic E-state index is -3.93. The van der Waals surface area contributed by atoms with E-state index in [9.17, 15) is 13.7 Å². The van der Waals surface area contributed by atoms with E-state index in [2.05, 4.69) is 11.4 Å². The number of ether oxygens (including phenoxy) is 2. The van der Waals surface area contributed by atoms with Crippen molar-refractivity contribution in [1.82, 2.24) is 9.62 Å². The standard InChI is InChI=1S/C16H23N3O4S/c1-4-9-19(16(11-17)7-8-18-12-16)24(20,21)15-10-13(22-2)5-6-14(15)23-3/h5-6,10,18H,4,7-9,12H2,1-3H3/t16-/m0/s1. The zero-order valence-corrected chi connectivity index (χ0v) is 15.0. The second kappa shape index (κ2) is 7.38. The smallest absolute Gasteiger partial charge is 0.248 e. The second-order valence-corrected chi connectivity index (χ2v) is 7.49. The lowest BCUT2D eigenvalue weighted by molar-refractivity contribution is 0.265. The van der Waals surface area contributed by atoms with Crippen molar-refractivity contribution in [2.24, 2.45) is 0 Å². The van der Waals surface area contributed by atoms with Gasteiger partial charge in [-0.15, -0.1) is 0 Å². The molecule has 1 aromatic carbocycles. The van der Waals surface area contributed by atoms with Gasteiger partial charge in [0.2, 0.25) is 10.0 Å². The molecule has 0 amide bonds. The van der Waals surface area contributed by atoms with Gasteiger partial charge in [0.05, 0.1) is 20.3 Å². The fourth-order valence-electron chi connectivity index (χ4n) is 2.91. The maximum atomic E-state index is 13.3. The molecule has 0 saturated carbocycles. The zero-order chi connectivity index (χ0) is 17.8. The molecule has 0 aliphatic carbocycles. The van der Waals surface area contributed by atoms with Crippen LogP contribution in [0.1, 0.15) is 19.8 Å². The van der Waals surface area contributed by atoms with Gasteiger partial charge in [-0.2, -0.15) is 9.57 Å². The monoisotopic (exact) mass is 353 g/mol. The quantitative estimate of drug-likeness (QED) is 0.796. The molecule has 2 rings (SSSR count). The Labute approximate surface area is 143 Å². The number of methoxy groups -OCH3 is 2. The Morgan fingerprint density at radius 3 is 2.62 bits per heavy atom. The van der Waals surface area contributed by atoms with Crippen LogP contribution < -0.4 is 14.8 Å². The summed E-state index contributed by atoms with van der Waals surface area (Å²) in [6.45, 7) is 3.07. The first-order valence-corrected chi connectivity index (χ1v) is 9.26. The third-order valence-electron chi connectivity index (χ3n) is 4.18. The van der Waals surface area contributed by atoms with Crippen molar-refractivity contribution in [1.29, 1.82) is 5.26 Å². The summed E-state index contributed by atoms with van der Waals surface area (Å²) in [5, 5.41) is 12.8. The van der Waals surface area contributed by atoms with Crippen LogP contribution in [0.25, 0.3) is 0 Å². The fourth-order valence-corrected chi connectivity index (χ4v) is 4.90. The molecule has 0 radical (unpaired) electrons. The summed E-state index contributed by atoms with van der Waals surface area (Å²) in [5.74, 6) is 0.650. The summed E-state index contributed by atoms with van der Waals surface area (Å²) < 4.78 is 38.3. The first kappa shape index (κ1) is 18.5. The Balaban J connectivity index is 2.59. The molecule has 7 nitrogen and oxygen atoms in total. The molecule has 1 N–H and O–H groups in total. The Kier molecular flexibility index (Phi) is 5.70. The molecule has 1 aromatic rings. The van der Waals surface area contributed by atoms with Crippen LogP contribution in [-0.4, -0.2) is 52.1 Å². The number of nitriles is 1. The van der Waals surface area contributed by atoms with E-state index >= 15 is 0 Å². The van der Waals surface area contributed by atoms with Crippen molar-refractivity contribution in [3.8, 4) is 17.6 Å². The van der Waals surface area contributed by atoms with E-state index in [4.69, 9.17) is 9.47 Å². The van der Waals surface area contributed by atoms with Crippen LogP contribution in [0.4, 0.5) is 0 Å². The van der Waals surface area contributed by atoms with Crippen molar-refractivity contribution in [2.45, 2.75) is 30.2 Å². The summed E-state index contributed by atoms with van der Waals surface area (Å²) in [6.07, 6.45) is 1.06. The average Bonchev–Trinajstić information content (AvgIpc) is 3.08. The van der Waals surface area contributed by atoms with E-state index in [1.807, 2.05) is 6.92 Å². The molecule has 1 aliphatic rings. The van der Waals surface area contributed by atoms with Gasteiger partial charge in [-0.3, -0.25) is 0 Å². The minimum Gasteiger partial charge on any atom is -0.497 e. The molecule has 0 spiro atoms. The molecule has 0 unspecified atom stereocenters. The third kappa shape index (κ3) is 3.20. The topological polar surface area (TPSA) is 91.7 Å². The zero-order valence-electron chi connectivity index (χ0n) is 14.2. The lowest BCUT2D eigenvalue weighted by atomic mass is 10.0. The summed E-state index contributed by atoms with van der Waals surface area (Å²) >= 11 is 0. The summed E-state index contributed by atoms with van der Waals surface area (Å²) in [7, 11) is -1.04. The normalized spacial score (nSPS) is 20.8. The van der Waals surface area contributed by atoms with E-state index in [0.29, 0.717) is 31.7 Å². The predicted octanol–water partition coefficient (Wildman–Crippen LogP) is 1.36. The first-order chi connectivity index (χ1) is 11.4. The van der Waals surface area contributed by atoms with E-state index in [0.717, 1.165) is 0 Å². The molecule has 8 heteroatoms. The number of sulfonamides is 1. The fraction of sp³-hybridized carbons (Fsp3) is 0.562. The van der Waals surface area contributed by atoms with Crippen LogP contribution in [0.3, 0.4) is 0 Å². The molecule has 1 atom stereocenters. The van der Waals surface area contributed by atoms with Gasteiger partial charge in [-0.1, -0.05) is 6.92 Å². The van der Waals surface area contributed by atoms with Gasteiger partial charge >= 0.3 is 0 Å². The van der Waals surface area contributed by atoms with Crippen LogP contribution in [0, 0.1) is 11.3 Å². The Morgan fingerprint density at radius 2 is 2.12 bits per heavy atom. The van der Waals surface area contributed by atoms with E-state index in [1.165, 1.54) is 24.6 Å². The molecule has 1 fully saturated rings. The number of nitrogens with one attached hydrogen (secondary N) is 1. The van der Waals surface area contributed by atoms with Crippen LogP contribution in [0.5, 0.6) is 11.5 Å². The highest BCUT2D eigenvalue weighted by Crippen LogP contribution is 2.35. The first-order valence-electron chi connectivity index (χ1n) is 7.82. The average molecular weight is 353 g/mol. The van der Waals surface area contributed by atoms with Gasteiger partial charge in [0, 0.05) is 19.2 Å². The summed E-state index contributed by atoms with van der Waals surface area (Å²) in [5.41, 5.74) is -1.08. The third-order valence-corrected chi connectivity index (χ3v) is 6.17. The van der Waals surface area contributed by atoms with E-state index in [1.54, 1.807) is 12.1 Å². The van der Waals surface area contributed by atoms with E-state index in [-0.39, 0.29) is 17.2 Å². The predicted molar refractivity (Wildman–Crippen MR) is 89.6 cm³/mol. The highest BCUT2D eigenvalue weighted by molar-refractivity contribution is 7.89. The van der Waals surface area contributed by atoms with Crippen molar-refractivity contribution in [2.75, 3.05) is 33.9 Å². The number of rotatable bonds is 7. The van der Waals surface area contributed by atoms with Crippen molar-refractivity contribution in [3.05, 3.63) is 18.2 Å². The van der Waals surface area contributed by atoms with Gasteiger partial charge < -0.3 is 14.8 Å². The second-order valence-electron chi connectivity index (χ2n) is 5.66. The number of nitrogens with zero attached hydrogens (tertiary/aromatic N) is 2. The van der Waals surface area contributed by atoms with Crippen LogP contribution in [0.15, 0.2) is 23.1 Å². The number of hydrogen-bond acceptors (Lipinski definition) is 6. The SMILES string of the molecule is CCCN([C@]1(C#N)CCNC1)S(=O)(=O)c1cc(OC)ccc1OC. The lowest BCUT2D eigenvalue weighted by Gasteiger charge is -2.34. The van der Waals surface area contributed by atoms with E-state index < -0.39 is 15.6 Å². The van der Waals surface area contributed by atoms with Gasteiger partial charge in [0.1, 0.15) is 21.9 Å². The van der Waals surface area contributed by atoms with Crippen molar-refractivity contribution >= 4 is 10.0 Å². The highest BCUT2D eigenvalue weighted by atomic mass is 32.2. The molecule has 1 aliphatic heterocycles.